The van der Waals surface area contributed by atoms with Gasteiger partial charge in [0, 0.05) is 30.9 Å². The zero-order valence-electron chi connectivity index (χ0n) is 21.3. The number of carboxylic acid groups (broad SMARTS) is 1. The van der Waals surface area contributed by atoms with Crippen LogP contribution in [0.1, 0.15) is 46.8 Å². The van der Waals surface area contributed by atoms with E-state index in [9.17, 15) is 19.5 Å². The first-order valence-electron chi connectivity index (χ1n) is 13.0. The normalized spacial score (nSPS) is 14.5. The number of nitrogens with zero attached hydrogens (tertiary/aromatic N) is 2. The molecule has 0 radical (unpaired) electrons. The molecule has 0 fully saturated rings. The van der Waals surface area contributed by atoms with Crippen LogP contribution in [0.25, 0.3) is 0 Å². The number of ketones is 1. The summed E-state index contributed by atoms with van der Waals surface area (Å²) in [4.78, 5) is 41.1. The predicted molar refractivity (Wildman–Crippen MR) is 145 cm³/mol. The Balaban J connectivity index is 1.47. The molecule has 4 rings (SSSR count). The van der Waals surface area contributed by atoms with Crippen molar-refractivity contribution < 1.29 is 19.5 Å². The second kappa shape index (κ2) is 12.3. The zero-order valence-corrected chi connectivity index (χ0v) is 21.3. The third-order valence-electron chi connectivity index (χ3n) is 7.01. The van der Waals surface area contributed by atoms with Crippen LogP contribution in [0.3, 0.4) is 0 Å². The van der Waals surface area contributed by atoms with Crippen LogP contribution in [0.5, 0.6) is 0 Å². The monoisotopic (exact) mass is 498 g/mol. The van der Waals surface area contributed by atoms with Crippen molar-refractivity contribution >= 4 is 23.3 Å². The highest BCUT2D eigenvalue weighted by Gasteiger charge is 2.28. The number of carbonyl (C=O) groups excluding carboxylic acids is 2. The smallest absolute Gasteiger partial charge is 0.377 e. The molecule has 192 valence electrons. The van der Waals surface area contributed by atoms with Gasteiger partial charge in [0.2, 0.25) is 5.91 Å². The van der Waals surface area contributed by atoms with Crippen LogP contribution in [0.2, 0.25) is 0 Å². The first-order chi connectivity index (χ1) is 18.0. The number of Topliss-reactive ketones (excluding diaryl/α,β-unsaturated/α-hetero) is 1. The first-order valence-corrected chi connectivity index (χ1v) is 13.0. The Morgan fingerprint density at radius 1 is 0.919 bits per heavy atom. The van der Waals surface area contributed by atoms with Crippen molar-refractivity contribution in [2.24, 2.45) is 5.92 Å². The van der Waals surface area contributed by atoms with Gasteiger partial charge in [-0.25, -0.2) is 4.79 Å². The fourth-order valence-electron chi connectivity index (χ4n) is 5.21. The minimum absolute atomic E-state index is 0.0993. The molecule has 6 heteroatoms. The van der Waals surface area contributed by atoms with Gasteiger partial charge < -0.3 is 14.9 Å². The summed E-state index contributed by atoms with van der Waals surface area (Å²) in [7, 11) is 0. The Morgan fingerprint density at radius 2 is 1.62 bits per heavy atom. The van der Waals surface area contributed by atoms with Crippen LogP contribution in [-0.2, 0) is 29.0 Å². The molecule has 1 N–H and O–H groups in total. The maximum Gasteiger partial charge on any atom is 0.377 e. The largest absolute Gasteiger partial charge is 0.475 e. The van der Waals surface area contributed by atoms with Crippen LogP contribution in [0.15, 0.2) is 78.9 Å². The van der Waals surface area contributed by atoms with Crippen LogP contribution < -0.4 is 4.90 Å². The maximum absolute atomic E-state index is 13.6. The molecule has 6 nitrogen and oxygen atoms in total. The lowest BCUT2D eigenvalue weighted by atomic mass is 9.80. The molecule has 0 spiro atoms. The van der Waals surface area contributed by atoms with Gasteiger partial charge in [-0.3, -0.25) is 9.59 Å². The van der Waals surface area contributed by atoms with Gasteiger partial charge in [0.1, 0.15) is 0 Å². The molecule has 1 unspecified atom stereocenters. The molecular formula is C31H34N2O4. The molecular weight excluding hydrogens is 464 g/mol. The van der Waals surface area contributed by atoms with Crippen LogP contribution in [0.4, 0.5) is 5.69 Å². The van der Waals surface area contributed by atoms with E-state index in [1.165, 1.54) is 0 Å². The number of aliphatic carboxylic acids is 1. The number of hydrogen-bond donors (Lipinski definition) is 1. The average Bonchev–Trinajstić information content (AvgIpc) is 2.92. The summed E-state index contributed by atoms with van der Waals surface area (Å²) in [5, 5.41) is 9.18. The third kappa shape index (κ3) is 6.64. The molecule has 1 aliphatic rings. The standard InChI is InChI=1S/C31H34N2O4/c1-2-18-32(21-24-16-17-27-25(19-24)12-9-15-28(27)30(35)31(36)37)29(34)22-33(26-13-7-4-8-14-26)20-23-10-5-3-6-11-23/h3-15,24H,2,16-22H2,1H3,(H,36,37). The summed E-state index contributed by atoms with van der Waals surface area (Å²) >= 11 is 0. The van der Waals surface area contributed by atoms with Gasteiger partial charge in [0.05, 0.1) is 6.54 Å². The van der Waals surface area contributed by atoms with Crippen molar-refractivity contribution in [1.29, 1.82) is 0 Å². The number of benzene rings is 3. The van der Waals surface area contributed by atoms with Gasteiger partial charge in [-0.05, 0) is 60.4 Å². The number of hydrogen-bond acceptors (Lipinski definition) is 4. The van der Waals surface area contributed by atoms with Gasteiger partial charge in [-0.1, -0.05) is 73.7 Å². The van der Waals surface area contributed by atoms with Crippen molar-refractivity contribution in [2.45, 2.75) is 39.2 Å². The summed E-state index contributed by atoms with van der Waals surface area (Å²) in [5.74, 6) is -1.91. The van der Waals surface area contributed by atoms with E-state index in [2.05, 4.69) is 24.0 Å². The number of rotatable bonds is 11. The number of carboxylic acids is 1. The Labute approximate surface area is 218 Å². The van der Waals surface area contributed by atoms with E-state index in [1.807, 2.05) is 59.5 Å². The summed E-state index contributed by atoms with van der Waals surface area (Å²) in [6.07, 6.45) is 3.07. The van der Waals surface area contributed by atoms with E-state index in [0.717, 1.165) is 41.6 Å². The summed E-state index contributed by atoms with van der Waals surface area (Å²) in [6.45, 7) is 4.36. The molecule has 0 saturated carbocycles. The highest BCUT2D eigenvalue weighted by Crippen LogP contribution is 2.29. The number of fused-ring (bicyclic) bond motifs is 1. The minimum atomic E-state index is -1.42. The highest BCUT2D eigenvalue weighted by atomic mass is 16.4. The fourth-order valence-corrected chi connectivity index (χ4v) is 5.21. The van der Waals surface area contributed by atoms with Crippen molar-refractivity contribution in [2.75, 3.05) is 24.5 Å². The van der Waals surface area contributed by atoms with Gasteiger partial charge in [0.15, 0.2) is 0 Å². The molecule has 1 amide bonds. The molecule has 0 aliphatic heterocycles. The molecule has 0 heterocycles. The Bertz CT molecular complexity index is 1230. The number of carbonyl (C=O) groups is 3. The van der Waals surface area contributed by atoms with E-state index in [0.29, 0.717) is 38.2 Å². The lowest BCUT2D eigenvalue weighted by Gasteiger charge is -2.33. The predicted octanol–water partition coefficient (Wildman–Crippen LogP) is 5.00. The molecule has 3 aromatic rings. The first kappa shape index (κ1) is 26.1. The molecule has 3 aromatic carbocycles. The van der Waals surface area contributed by atoms with E-state index >= 15 is 0 Å². The van der Waals surface area contributed by atoms with E-state index in [1.54, 1.807) is 12.1 Å². The molecule has 1 atom stereocenters. The molecule has 1 aliphatic carbocycles. The van der Waals surface area contributed by atoms with E-state index in [4.69, 9.17) is 0 Å². The lowest BCUT2D eigenvalue weighted by molar-refractivity contribution is -0.132. The third-order valence-corrected chi connectivity index (χ3v) is 7.01. The number of para-hydroxylation sites is 1. The van der Waals surface area contributed by atoms with Gasteiger partial charge >= 0.3 is 5.97 Å². The second-order valence-corrected chi connectivity index (χ2v) is 9.70. The van der Waals surface area contributed by atoms with Crippen molar-refractivity contribution in [3.63, 3.8) is 0 Å². The van der Waals surface area contributed by atoms with Crippen LogP contribution >= 0.6 is 0 Å². The van der Waals surface area contributed by atoms with Crippen LogP contribution in [-0.4, -0.2) is 47.3 Å². The number of anilines is 1. The summed E-state index contributed by atoms with van der Waals surface area (Å²) in [5.41, 5.74) is 4.32. The average molecular weight is 499 g/mol. The SMILES string of the molecule is CCCN(CC1CCc2c(cccc2C(=O)C(=O)O)C1)C(=O)CN(Cc1ccccc1)c1ccccc1. The quantitative estimate of drug-likeness (QED) is 0.297. The van der Waals surface area contributed by atoms with E-state index in [-0.39, 0.29) is 11.8 Å². The second-order valence-electron chi connectivity index (χ2n) is 9.70. The molecule has 0 bridgehead atoms. The van der Waals surface area contributed by atoms with Crippen molar-refractivity contribution in [3.05, 3.63) is 101 Å². The summed E-state index contributed by atoms with van der Waals surface area (Å²) < 4.78 is 0. The molecule has 37 heavy (non-hydrogen) atoms. The molecule has 0 saturated heterocycles. The summed E-state index contributed by atoms with van der Waals surface area (Å²) in [6, 6.07) is 25.5. The van der Waals surface area contributed by atoms with Gasteiger partial charge in [-0.2, -0.15) is 0 Å². The topological polar surface area (TPSA) is 77.9 Å². The highest BCUT2D eigenvalue weighted by molar-refractivity contribution is 6.40. The van der Waals surface area contributed by atoms with Gasteiger partial charge in [-0.15, -0.1) is 0 Å². The maximum atomic E-state index is 13.6. The zero-order chi connectivity index (χ0) is 26.2. The van der Waals surface area contributed by atoms with Crippen molar-refractivity contribution in [1.82, 2.24) is 4.90 Å². The number of amides is 1. The van der Waals surface area contributed by atoms with Gasteiger partial charge in [0.25, 0.3) is 5.78 Å². The Kier molecular flexibility index (Phi) is 8.72. The van der Waals surface area contributed by atoms with Crippen molar-refractivity contribution in [3.8, 4) is 0 Å². The van der Waals surface area contributed by atoms with E-state index < -0.39 is 11.8 Å². The fraction of sp³-hybridized carbons (Fsp3) is 0.323. The Hall–Kier alpha value is -3.93. The lowest BCUT2D eigenvalue weighted by Crippen LogP contribution is -2.43. The molecule has 0 aromatic heterocycles. The Morgan fingerprint density at radius 3 is 2.30 bits per heavy atom. The van der Waals surface area contributed by atoms with Crippen LogP contribution in [0, 0.1) is 5.92 Å². The minimum Gasteiger partial charge on any atom is -0.475 e.